The summed E-state index contributed by atoms with van der Waals surface area (Å²) in [6, 6.07) is 2.86. The fraction of sp³-hybridized carbons (Fsp3) is 0. The van der Waals surface area contributed by atoms with Crippen LogP contribution >= 0.6 is 0 Å². The minimum absolute atomic E-state index is 0.0186. The van der Waals surface area contributed by atoms with Gasteiger partial charge in [-0.2, -0.15) is 0 Å². The Morgan fingerprint density at radius 3 is 2.92 bits per heavy atom. The number of pyridine rings is 1. The number of carboxylic acids is 1. The van der Waals surface area contributed by atoms with Crippen molar-refractivity contribution in [2.24, 2.45) is 0 Å². The number of hydrogen-bond acceptors (Lipinski definition) is 3. The normalized spacial score (nSPS) is 8.62. The molecule has 0 amide bonds. The van der Waals surface area contributed by atoms with E-state index in [1.807, 2.05) is 0 Å². The first kappa shape index (κ1) is 9.03. The van der Waals surface area contributed by atoms with Gasteiger partial charge in [0, 0.05) is 0 Å². The smallest absolute Gasteiger partial charge is 0.354 e. The number of aromatic carboxylic acids is 1. The largest absolute Gasteiger partial charge is 0.477 e. The summed E-state index contributed by atoms with van der Waals surface area (Å²) in [6.07, 6.45) is 2.58. The Hall–Kier alpha value is -2.06. The molecule has 0 saturated heterocycles. The van der Waals surface area contributed by atoms with Crippen LogP contribution in [-0.2, 0) is 0 Å². The van der Waals surface area contributed by atoms with E-state index in [-0.39, 0.29) is 5.69 Å². The molecule has 4 heteroatoms. The number of rotatable bonds is 3. The second kappa shape index (κ2) is 4.09. The highest BCUT2D eigenvalue weighted by Crippen LogP contribution is 2.08. The molecule has 0 aliphatic carbocycles. The lowest BCUT2D eigenvalue weighted by molar-refractivity contribution is 0.0690. The molecule has 0 fully saturated rings. The summed E-state index contributed by atoms with van der Waals surface area (Å²) < 4.78 is 4.94. The first-order valence-electron chi connectivity index (χ1n) is 3.44. The summed E-state index contributed by atoms with van der Waals surface area (Å²) in [5.41, 5.74) is 2.39. The number of ether oxygens (including phenoxy) is 1. The van der Waals surface area contributed by atoms with Crippen LogP contribution in [0.4, 0.5) is 0 Å². The average molecular weight is 177 g/mol. The van der Waals surface area contributed by atoms with Gasteiger partial charge < -0.3 is 9.84 Å². The van der Waals surface area contributed by atoms with Crippen molar-refractivity contribution in [1.29, 1.82) is 0 Å². The van der Waals surface area contributed by atoms with E-state index in [1.165, 1.54) is 24.6 Å². The summed E-state index contributed by atoms with van der Waals surface area (Å²) in [5, 5.41) is 8.52. The third kappa shape index (κ3) is 2.47. The Labute approximate surface area is 74.8 Å². The summed E-state index contributed by atoms with van der Waals surface area (Å²) in [5.74, 6) is -0.619. The molecule has 0 bridgehead atoms. The van der Waals surface area contributed by atoms with Crippen molar-refractivity contribution < 1.29 is 14.6 Å². The molecule has 0 unspecified atom stereocenters. The highest BCUT2D eigenvalue weighted by molar-refractivity contribution is 5.85. The molecule has 0 aliphatic heterocycles. The zero-order valence-electron chi connectivity index (χ0n) is 6.73. The average Bonchev–Trinajstić information content (AvgIpc) is 2.15. The second-order valence-electron chi connectivity index (χ2n) is 2.12. The summed E-state index contributed by atoms with van der Waals surface area (Å²) in [4.78, 5) is 14.0. The lowest BCUT2D eigenvalue weighted by atomic mass is 10.3. The van der Waals surface area contributed by atoms with Crippen molar-refractivity contribution in [3.63, 3.8) is 0 Å². The molecule has 0 saturated carbocycles. The maximum absolute atomic E-state index is 10.4. The Balaban J connectivity index is 2.80. The molecular formula is C9H7NO3. The molecule has 0 aliphatic rings. The van der Waals surface area contributed by atoms with Gasteiger partial charge in [-0.3, -0.25) is 0 Å². The fourth-order valence-corrected chi connectivity index (χ4v) is 0.686. The predicted octanol–water partition coefficient (Wildman–Crippen LogP) is 1.46. The third-order valence-electron chi connectivity index (χ3n) is 1.23. The predicted molar refractivity (Wildman–Crippen MR) is 45.5 cm³/mol. The van der Waals surface area contributed by atoms with Gasteiger partial charge in [-0.1, -0.05) is 12.3 Å². The fourth-order valence-electron chi connectivity index (χ4n) is 0.686. The quantitative estimate of drug-likeness (QED) is 0.560. The van der Waals surface area contributed by atoms with Gasteiger partial charge in [-0.15, -0.1) is 0 Å². The van der Waals surface area contributed by atoms with Gasteiger partial charge in [0.2, 0.25) is 0 Å². The van der Waals surface area contributed by atoms with Gasteiger partial charge in [0.25, 0.3) is 0 Å². The van der Waals surface area contributed by atoms with Gasteiger partial charge in [0.15, 0.2) is 0 Å². The number of hydrogen-bond donors (Lipinski definition) is 1. The number of aromatic nitrogens is 1. The molecule has 0 radical (unpaired) electrons. The zero-order valence-corrected chi connectivity index (χ0v) is 6.73. The lowest BCUT2D eigenvalue weighted by Gasteiger charge is -1.97. The number of nitrogens with zero attached hydrogens (tertiary/aromatic N) is 1. The third-order valence-corrected chi connectivity index (χ3v) is 1.23. The molecule has 1 N–H and O–H groups in total. The molecule has 0 spiro atoms. The van der Waals surface area contributed by atoms with Crippen LogP contribution < -0.4 is 4.74 Å². The number of carboxylic acid groups (broad SMARTS) is 1. The Morgan fingerprint density at radius 1 is 1.69 bits per heavy atom. The van der Waals surface area contributed by atoms with Crippen LogP contribution in [0.25, 0.3) is 0 Å². The Bertz CT molecular complexity index is 350. The molecule has 1 aromatic rings. The number of carbonyl (C=O) groups is 1. The van der Waals surface area contributed by atoms with Crippen molar-refractivity contribution in [1.82, 2.24) is 4.98 Å². The Morgan fingerprint density at radius 2 is 2.46 bits per heavy atom. The SMILES string of the molecule is C=C=COc1ccc(C(=O)O)nc1. The van der Waals surface area contributed by atoms with Gasteiger partial charge >= 0.3 is 5.97 Å². The Kier molecular flexibility index (Phi) is 2.84. The first-order valence-corrected chi connectivity index (χ1v) is 3.44. The van der Waals surface area contributed by atoms with E-state index in [9.17, 15) is 4.79 Å². The van der Waals surface area contributed by atoms with E-state index in [0.717, 1.165) is 0 Å². The summed E-state index contributed by atoms with van der Waals surface area (Å²) in [7, 11) is 0. The van der Waals surface area contributed by atoms with Crippen LogP contribution in [0.3, 0.4) is 0 Å². The molecule has 13 heavy (non-hydrogen) atoms. The molecule has 0 atom stereocenters. The highest BCUT2D eigenvalue weighted by Gasteiger charge is 2.02. The monoisotopic (exact) mass is 177 g/mol. The van der Waals surface area contributed by atoms with E-state index in [2.05, 4.69) is 17.3 Å². The van der Waals surface area contributed by atoms with Crippen LogP contribution in [0.15, 0.2) is 36.9 Å². The zero-order chi connectivity index (χ0) is 9.68. The molecule has 1 heterocycles. The molecule has 1 rings (SSSR count). The van der Waals surface area contributed by atoms with Crippen LogP contribution in [0.2, 0.25) is 0 Å². The van der Waals surface area contributed by atoms with Crippen LogP contribution in [-0.4, -0.2) is 16.1 Å². The molecule has 0 aromatic carbocycles. The minimum Gasteiger partial charge on any atom is -0.477 e. The summed E-state index contributed by atoms with van der Waals surface area (Å²) in [6.45, 7) is 3.30. The van der Waals surface area contributed by atoms with E-state index in [0.29, 0.717) is 5.75 Å². The van der Waals surface area contributed by atoms with Crippen molar-refractivity contribution in [3.05, 3.63) is 42.6 Å². The standard InChI is InChI=1S/C9H7NO3/c1-2-5-13-7-3-4-8(9(11)12)10-6-7/h3-6H,1H2,(H,11,12). The van der Waals surface area contributed by atoms with Crippen LogP contribution in [0.5, 0.6) is 5.75 Å². The van der Waals surface area contributed by atoms with Gasteiger partial charge in [-0.25, -0.2) is 9.78 Å². The molecular weight excluding hydrogens is 170 g/mol. The minimum atomic E-state index is -1.06. The van der Waals surface area contributed by atoms with Crippen LogP contribution in [0.1, 0.15) is 10.5 Å². The van der Waals surface area contributed by atoms with E-state index in [1.54, 1.807) is 0 Å². The van der Waals surface area contributed by atoms with E-state index in [4.69, 9.17) is 9.84 Å². The molecule has 66 valence electrons. The van der Waals surface area contributed by atoms with E-state index < -0.39 is 5.97 Å². The van der Waals surface area contributed by atoms with Crippen LogP contribution in [0, 0.1) is 0 Å². The van der Waals surface area contributed by atoms with Crippen molar-refractivity contribution in [3.8, 4) is 5.75 Å². The highest BCUT2D eigenvalue weighted by atomic mass is 16.5. The maximum atomic E-state index is 10.4. The lowest BCUT2D eigenvalue weighted by Crippen LogP contribution is -1.99. The summed E-state index contributed by atoms with van der Waals surface area (Å²) >= 11 is 0. The van der Waals surface area contributed by atoms with Crippen molar-refractivity contribution >= 4 is 5.97 Å². The van der Waals surface area contributed by atoms with E-state index >= 15 is 0 Å². The van der Waals surface area contributed by atoms with Crippen molar-refractivity contribution in [2.75, 3.05) is 0 Å². The van der Waals surface area contributed by atoms with Gasteiger partial charge in [0.05, 0.1) is 6.20 Å². The van der Waals surface area contributed by atoms with Crippen molar-refractivity contribution in [2.45, 2.75) is 0 Å². The van der Waals surface area contributed by atoms with Gasteiger partial charge in [-0.05, 0) is 12.1 Å². The second-order valence-corrected chi connectivity index (χ2v) is 2.12. The topological polar surface area (TPSA) is 59.4 Å². The van der Waals surface area contributed by atoms with Gasteiger partial charge in [0.1, 0.15) is 17.7 Å². The molecule has 1 aromatic heterocycles. The maximum Gasteiger partial charge on any atom is 0.354 e. The first-order chi connectivity index (χ1) is 6.24. The molecule has 4 nitrogen and oxygen atoms in total.